The van der Waals surface area contributed by atoms with E-state index < -0.39 is 17.8 Å². The highest BCUT2D eigenvalue weighted by molar-refractivity contribution is 6.31. The fraction of sp³-hybridized carbons (Fsp3) is 0.0455. The molecular formula is C22H12ClFN2O3. The summed E-state index contributed by atoms with van der Waals surface area (Å²) in [6.07, 6.45) is 1.54. The van der Waals surface area contributed by atoms with Gasteiger partial charge in [-0.2, -0.15) is 0 Å². The maximum absolute atomic E-state index is 14.0. The van der Waals surface area contributed by atoms with Crippen LogP contribution in [0.3, 0.4) is 0 Å². The van der Waals surface area contributed by atoms with Gasteiger partial charge in [0.25, 0.3) is 5.91 Å². The number of carbonyl (C=O) groups is 1. The van der Waals surface area contributed by atoms with Gasteiger partial charge in [-0.1, -0.05) is 29.8 Å². The Morgan fingerprint density at radius 1 is 1.03 bits per heavy atom. The van der Waals surface area contributed by atoms with Crippen LogP contribution >= 0.6 is 11.6 Å². The largest absolute Gasteiger partial charge is 0.450 e. The van der Waals surface area contributed by atoms with Gasteiger partial charge in [0.15, 0.2) is 5.43 Å². The third kappa shape index (κ3) is 2.72. The monoisotopic (exact) mass is 406 g/mol. The molecule has 7 heteroatoms. The van der Waals surface area contributed by atoms with Crippen LogP contribution in [0.5, 0.6) is 0 Å². The van der Waals surface area contributed by atoms with Gasteiger partial charge in [-0.15, -0.1) is 0 Å². The standard InChI is InChI=1S/C22H12ClFN2O3/c23-13-7-8-16-15(11-13)20(27)18-19(12-4-3-5-14(24)10-12)26(22(28)21(18)29-16)17-6-1-2-9-25-17/h1-11,19H/t19-/m1/s1. The second-order valence-corrected chi connectivity index (χ2v) is 7.07. The first-order chi connectivity index (χ1) is 14.0. The molecule has 0 spiro atoms. The van der Waals surface area contributed by atoms with E-state index in [1.807, 2.05) is 0 Å². The van der Waals surface area contributed by atoms with E-state index in [2.05, 4.69) is 4.98 Å². The van der Waals surface area contributed by atoms with Gasteiger partial charge in [0.2, 0.25) is 5.76 Å². The summed E-state index contributed by atoms with van der Waals surface area (Å²) in [6, 6.07) is 14.6. The summed E-state index contributed by atoms with van der Waals surface area (Å²) in [5.41, 5.74) is 0.453. The van der Waals surface area contributed by atoms with Crippen LogP contribution in [0.2, 0.25) is 5.02 Å². The third-order valence-corrected chi connectivity index (χ3v) is 5.13. The quantitative estimate of drug-likeness (QED) is 0.482. The van der Waals surface area contributed by atoms with Crippen LogP contribution in [0, 0.1) is 5.82 Å². The van der Waals surface area contributed by atoms with E-state index in [0.29, 0.717) is 16.4 Å². The Morgan fingerprint density at radius 2 is 1.90 bits per heavy atom. The molecule has 142 valence electrons. The van der Waals surface area contributed by atoms with Gasteiger partial charge in [-0.05, 0) is 48.0 Å². The summed E-state index contributed by atoms with van der Waals surface area (Å²) in [6.45, 7) is 0. The molecule has 1 aliphatic heterocycles. The number of anilines is 1. The first-order valence-electron chi connectivity index (χ1n) is 8.81. The van der Waals surface area contributed by atoms with Crippen LogP contribution < -0.4 is 10.3 Å². The second kappa shape index (κ2) is 6.53. The Labute approximate surface area is 169 Å². The van der Waals surface area contributed by atoms with Crippen molar-refractivity contribution in [3.05, 3.63) is 105 Å². The van der Waals surface area contributed by atoms with Gasteiger partial charge < -0.3 is 4.42 Å². The average Bonchev–Trinajstić information content (AvgIpc) is 3.02. The molecule has 29 heavy (non-hydrogen) atoms. The summed E-state index contributed by atoms with van der Waals surface area (Å²) < 4.78 is 19.8. The van der Waals surface area contributed by atoms with Gasteiger partial charge in [0.05, 0.1) is 17.0 Å². The Kier molecular flexibility index (Phi) is 3.96. The number of carbonyl (C=O) groups excluding carboxylic acids is 1. The van der Waals surface area contributed by atoms with Gasteiger partial charge in [-0.25, -0.2) is 9.37 Å². The van der Waals surface area contributed by atoms with Gasteiger partial charge >= 0.3 is 0 Å². The lowest BCUT2D eigenvalue weighted by Gasteiger charge is -2.24. The topological polar surface area (TPSA) is 63.4 Å². The molecule has 0 N–H and O–H groups in total. The minimum Gasteiger partial charge on any atom is -0.450 e. The Morgan fingerprint density at radius 3 is 2.66 bits per heavy atom. The molecule has 1 amide bonds. The molecule has 3 heterocycles. The van der Waals surface area contributed by atoms with Crippen molar-refractivity contribution in [2.24, 2.45) is 0 Å². The van der Waals surface area contributed by atoms with Crippen LogP contribution in [-0.2, 0) is 0 Å². The molecule has 0 unspecified atom stereocenters. The first-order valence-corrected chi connectivity index (χ1v) is 9.19. The Bertz CT molecular complexity index is 1340. The van der Waals surface area contributed by atoms with Gasteiger partial charge in [-0.3, -0.25) is 14.5 Å². The minimum absolute atomic E-state index is 0.0789. The van der Waals surface area contributed by atoms with Crippen LogP contribution in [0.15, 0.2) is 76.1 Å². The maximum Gasteiger partial charge on any atom is 0.296 e. The van der Waals surface area contributed by atoms with Gasteiger partial charge in [0.1, 0.15) is 17.2 Å². The molecule has 5 rings (SSSR count). The summed E-state index contributed by atoms with van der Waals surface area (Å²) in [4.78, 5) is 32.2. The van der Waals surface area contributed by atoms with E-state index in [-0.39, 0.29) is 27.7 Å². The number of hydrogen-bond donors (Lipinski definition) is 0. The van der Waals surface area contributed by atoms with E-state index in [1.165, 1.54) is 29.2 Å². The highest BCUT2D eigenvalue weighted by atomic mass is 35.5. The van der Waals surface area contributed by atoms with E-state index in [9.17, 15) is 14.0 Å². The van der Waals surface area contributed by atoms with E-state index in [1.54, 1.807) is 42.6 Å². The molecule has 4 aromatic rings. The summed E-state index contributed by atoms with van der Waals surface area (Å²) in [7, 11) is 0. The molecular weight excluding hydrogens is 395 g/mol. The van der Waals surface area contributed by atoms with Crippen molar-refractivity contribution in [2.45, 2.75) is 6.04 Å². The number of hydrogen-bond acceptors (Lipinski definition) is 4. The highest BCUT2D eigenvalue weighted by Crippen LogP contribution is 2.40. The van der Waals surface area contributed by atoms with Crippen molar-refractivity contribution in [3.8, 4) is 0 Å². The zero-order chi connectivity index (χ0) is 20.1. The zero-order valence-corrected chi connectivity index (χ0v) is 15.6. The molecule has 0 aliphatic carbocycles. The van der Waals surface area contributed by atoms with Crippen molar-refractivity contribution in [1.29, 1.82) is 0 Å². The summed E-state index contributed by atoms with van der Waals surface area (Å²) in [5.74, 6) is -0.733. The van der Waals surface area contributed by atoms with Crippen LogP contribution in [-0.4, -0.2) is 10.9 Å². The summed E-state index contributed by atoms with van der Waals surface area (Å²) in [5, 5.41) is 0.631. The van der Waals surface area contributed by atoms with E-state index in [4.69, 9.17) is 16.0 Å². The number of halogens is 2. The number of aromatic nitrogens is 1. The number of amides is 1. The first kappa shape index (κ1) is 17.6. The lowest BCUT2D eigenvalue weighted by atomic mass is 9.98. The van der Waals surface area contributed by atoms with Crippen molar-refractivity contribution in [3.63, 3.8) is 0 Å². The molecule has 1 aliphatic rings. The predicted octanol–water partition coefficient (Wildman–Crippen LogP) is 4.73. The minimum atomic E-state index is -0.872. The fourth-order valence-corrected chi connectivity index (χ4v) is 3.84. The number of benzene rings is 2. The average molecular weight is 407 g/mol. The third-order valence-electron chi connectivity index (χ3n) is 4.89. The van der Waals surface area contributed by atoms with E-state index >= 15 is 0 Å². The predicted molar refractivity (Wildman–Crippen MR) is 107 cm³/mol. The molecule has 0 radical (unpaired) electrons. The zero-order valence-electron chi connectivity index (χ0n) is 14.8. The smallest absolute Gasteiger partial charge is 0.296 e. The van der Waals surface area contributed by atoms with Crippen molar-refractivity contribution in [2.75, 3.05) is 4.90 Å². The lowest BCUT2D eigenvalue weighted by Crippen LogP contribution is -2.30. The SMILES string of the molecule is O=C1c2oc3ccc(Cl)cc3c(=O)c2[C@@H](c2cccc(F)c2)N1c1ccccn1. The molecule has 2 aromatic heterocycles. The molecule has 0 saturated carbocycles. The summed E-state index contributed by atoms with van der Waals surface area (Å²) >= 11 is 6.05. The van der Waals surface area contributed by atoms with Crippen LogP contribution in [0.4, 0.5) is 10.2 Å². The fourth-order valence-electron chi connectivity index (χ4n) is 3.67. The van der Waals surface area contributed by atoms with Crippen molar-refractivity contribution < 1.29 is 13.6 Å². The number of nitrogens with zero attached hydrogens (tertiary/aromatic N) is 2. The van der Waals surface area contributed by atoms with Crippen LogP contribution in [0.25, 0.3) is 11.0 Å². The van der Waals surface area contributed by atoms with E-state index in [0.717, 1.165) is 0 Å². The molecule has 0 saturated heterocycles. The van der Waals surface area contributed by atoms with Gasteiger partial charge in [0, 0.05) is 11.2 Å². The molecule has 5 nitrogen and oxygen atoms in total. The number of pyridine rings is 1. The number of fused-ring (bicyclic) bond motifs is 2. The normalized spacial score (nSPS) is 15.7. The Hall–Kier alpha value is -3.51. The second-order valence-electron chi connectivity index (χ2n) is 6.64. The van der Waals surface area contributed by atoms with Crippen molar-refractivity contribution in [1.82, 2.24) is 4.98 Å². The van der Waals surface area contributed by atoms with Crippen molar-refractivity contribution >= 4 is 34.3 Å². The Balaban J connectivity index is 1.84. The molecule has 0 fully saturated rings. The molecule has 1 atom stereocenters. The number of rotatable bonds is 2. The highest BCUT2D eigenvalue weighted by Gasteiger charge is 2.44. The maximum atomic E-state index is 14.0. The lowest BCUT2D eigenvalue weighted by molar-refractivity contribution is 0.0970. The molecule has 2 aromatic carbocycles. The molecule has 0 bridgehead atoms. The van der Waals surface area contributed by atoms with Crippen LogP contribution in [0.1, 0.15) is 27.7 Å².